The van der Waals surface area contributed by atoms with Crippen molar-refractivity contribution >= 4 is 5.82 Å². The first-order valence-electron chi connectivity index (χ1n) is 10.6. The number of anilines is 1. The summed E-state index contributed by atoms with van der Waals surface area (Å²) in [5.41, 5.74) is 2.20. The van der Waals surface area contributed by atoms with Crippen LogP contribution in [0.3, 0.4) is 0 Å². The number of piperidine rings is 1. The molecule has 1 atom stereocenters. The van der Waals surface area contributed by atoms with E-state index in [4.69, 9.17) is 4.98 Å². The predicted octanol–water partition coefficient (Wildman–Crippen LogP) is 3.29. The van der Waals surface area contributed by atoms with Crippen molar-refractivity contribution in [1.29, 1.82) is 0 Å². The van der Waals surface area contributed by atoms with Crippen LogP contribution in [0.2, 0.25) is 0 Å². The molecule has 2 aromatic heterocycles. The third-order valence-electron chi connectivity index (χ3n) is 6.29. The van der Waals surface area contributed by atoms with Gasteiger partial charge in [-0.2, -0.15) is 0 Å². The van der Waals surface area contributed by atoms with Crippen LogP contribution in [0, 0.1) is 13.8 Å². The molecule has 4 rings (SSSR count). The number of aryl methyl sites for hydroxylation is 1. The Labute approximate surface area is 167 Å². The van der Waals surface area contributed by atoms with Gasteiger partial charge in [0.05, 0.1) is 0 Å². The minimum absolute atomic E-state index is 0.0806. The third kappa shape index (κ3) is 4.12. The molecule has 0 amide bonds. The number of aromatic amines is 1. The lowest BCUT2D eigenvalue weighted by molar-refractivity contribution is 0.182. The fourth-order valence-electron chi connectivity index (χ4n) is 4.42. The molecule has 6 nitrogen and oxygen atoms in total. The van der Waals surface area contributed by atoms with Crippen molar-refractivity contribution in [3.8, 4) is 11.4 Å². The second-order valence-electron chi connectivity index (χ2n) is 8.22. The Morgan fingerprint density at radius 1 is 1.04 bits per heavy atom. The number of rotatable bonds is 3. The number of hydrogen-bond donors (Lipinski definition) is 1. The van der Waals surface area contributed by atoms with Gasteiger partial charge in [0.25, 0.3) is 5.56 Å². The van der Waals surface area contributed by atoms with Crippen molar-refractivity contribution in [2.75, 3.05) is 31.1 Å². The maximum Gasteiger partial charge on any atom is 0.254 e. The van der Waals surface area contributed by atoms with Gasteiger partial charge in [-0.1, -0.05) is 12.8 Å². The molecule has 1 unspecified atom stereocenters. The normalized spacial score (nSPS) is 21.5. The number of likely N-dealkylation sites (tertiary alicyclic amines) is 1. The summed E-state index contributed by atoms with van der Waals surface area (Å²) in [6, 6.07) is 4.73. The summed E-state index contributed by atoms with van der Waals surface area (Å²) in [6.45, 7) is 8.28. The molecule has 4 heterocycles. The molecule has 2 aromatic rings. The van der Waals surface area contributed by atoms with Gasteiger partial charge in [-0.05, 0) is 64.8 Å². The second-order valence-corrected chi connectivity index (χ2v) is 8.22. The van der Waals surface area contributed by atoms with Gasteiger partial charge in [-0.25, -0.2) is 9.97 Å². The summed E-state index contributed by atoms with van der Waals surface area (Å²) in [5, 5.41) is 0. The minimum atomic E-state index is -0.0806. The standard InChI is InChI=1S/C22H31N5O/c1-16-17(2)24-21(25-22(16)28)18-9-10-20(23-14-18)27-13-7-8-19(15-27)26-11-5-3-4-6-12-26/h9-10,14,19H,3-8,11-13,15H2,1-2H3,(H,24,25,28). The molecule has 0 bridgehead atoms. The van der Waals surface area contributed by atoms with Crippen LogP contribution in [0.15, 0.2) is 23.1 Å². The highest BCUT2D eigenvalue weighted by Crippen LogP contribution is 2.24. The van der Waals surface area contributed by atoms with Crippen LogP contribution in [0.4, 0.5) is 5.82 Å². The van der Waals surface area contributed by atoms with Crippen molar-refractivity contribution in [1.82, 2.24) is 19.9 Å². The molecule has 0 saturated carbocycles. The highest BCUT2D eigenvalue weighted by molar-refractivity contribution is 5.56. The van der Waals surface area contributed by atoms with Crippen LogP contribution >= 0.6 is 0 Å². The van der Waals surface area contributed by atoms with Gasteiger partial charge in [0, 0.05) is 42.1 Å². The Kier molecular flexibility index (Phi) is 5.76. The van der Waals surface area contributed by atoms with Gasteiger partial charge in [-0.3, -0.25) is 9.69 Å². The number of pyridine rings is 1. The van der Waals surface area contributed by atoms with Crippen molar-refractivity contribution in [2.45, 2.75) is 58.4 Å². The number of aromatic nitrogens is 3. The van der Waals surface area contributed by atoms with Crippen LogP contribution < -0.4 is 10.5 Å². The Hall–Kier alpha value is -2.21. The minimum Gasteiger partial charge on any atom is -0.355 e. The average Bonchev–Trinajstić information content (AvgIpc) is 3.01. The molecule has 0 radical (unpaired) electrons. The summed E-state index contributed by atoms with van der Waals surface area (Å²) < 4.78 is 0. The second kappa shape index (κ2) is 8.43. The molecule has 2 aliphatic rings. The molecular weight excluding hydrogens is 350 g/mol. The molecule has 0 aliphatic carbocycles. The molecule has 0 aromatic carbocycles. The first-order chi connectivity index (χ1) is 13.6. The molecule has 6 heteroatoms. The predicted molar refractivity (Wildman–Crippen MR) is 113 cm³/mol. The first kappa shape index (κ1) is 19.1. The summed E-state index contributed by atoms with van der Waals surface area (Å²) in [5.74, 6) is 1.61. The first-order valence-corrected chi connectivity index (χ1v) is 10.6. The van der Waals surface area contributed by atoms with E-state index in [9.17, 15) is 4.79 Å². The Morgan fingerprint density at radius 2 is 1.82 bits per heavy atom. The molecule has 2 fully saturated rings. The van der Waals surface area contributed by atoms with Crippen LogP contribution in [0.25, 0.3) is 11.4 Å². The van der Waals surface area contributed by atoms with Crippen molar-refractivity contribution in [3.63, 3.8) is 0 Å². The van der Waals surface area contributed by atoms with Gasteiger partial charge < -0.3 is 9.88 Å². The largest absolute Gasteiger partial charge is 0.355 e. The van der Waals surface area contributed by atoms with Gasteiger partial charge in [-0.15, -0.1) is 0 Å². The zero-order valence-electron chi connectivity index (χ0n) is 17.1. The van der Waals surface area contributed by atoms with E-state index in [1.165, 1.54) is 51.6 Å². The molecule has 150 valence electrons. The van der Waals surface area contributed by atoms with Crippen LogP contribution in [-0.4, -0.2) is 52.1 Å². The number of H-pyrrole nitrogens is 1. The SMILES string of the molecule is Cc1nc(-c2ccc(N3CCCC(N4CCCCCC4)C3)nc2)[nH]c(=O)c1C. The molecule has 1 N–H and O–H groups in total. The molecular formula is C22H31N5O. The maximum atomic E-state index is 12.0. The Morgan fingerprint density at radius 3 is 2.50 bits per heavy atom. The summed E-state index contributed by atoms with van der Waals surface area (Å²) in [6.07, 6.45) is 9.78. The van der Waals surface area contributed by atoms with E-state index in [1.54, 1.807) is 6.92 Å². The Balaban J connectivity index is 1.48. The number of hydrogen-bond acceptors (Lipinski definition) is 5. The van der Waals surface area contributed by atoms with Crippen molar-refractivity contribution in [3.05, 3.63) is 39.9 Å². The van der Waals surface area contributed by atoms with Crippen LogP contribution in [-0.2, 0) is 0 Å². The topological polar surface area (TPSA) is 65.1 Å². The summed E-state index contributed by atoms with van der Waals surface area (Å²) in [4.78, 5) is 29.2. The molecule has 28 heavy (non-hydrogen) atoms. The summed E-state index contributed by atoms with van der Waals surface area (Å²) >= 11 is 0. The number of nitrogens with zero attached hydrogens (tertiary/aromatic N) is 4. The van der Waals surface area contributed by atoms with Gasteiger partial charge >= 0.3 is 0 Å². The zero-order valence-corrected chi connectivity index (χ0v) is 17.1. The van der Waals surface area contributed by atoms with E-state index in [0.29, 0.717) is 17.4 Å². The maximum absolute atomic E-state index is 12.0. The highest BCUT2D eigenvalue weighted by Gasteiger charge is 2.26. The fourth-order valence-corrected chi connectivity index (χ4v) is 4.42. The van der Waals surface area contributed by atoms with E-state index < -0.39 is 0 Å². The van der Waals surface area contributed by atoms with E-state index in [1.807, 2.05) is 19.2 Å². The average molecular weight is 382 g/mol. The van der Waals surface area contributed by atoms with E-state index in [0.717, 1.165) is 30.2 Å². The quantitative estimate of drug-likeness (QED) is 0.884. The van der Waals surface area contributed by atoms with Gasteiger partial charge in [0.2, 0.25) is 0 Å². The highest BCUT2D eigenvalue weighted by atomic mass is 16.1. The van der Waals surface area contributed by atoms with E-state index in [-0.39, 0.29) is 5.56 Å². The van der Waals surface area contributed by atoms with Crippen molar-refractivity contribution < 1.29 is 0 Å². The van der Waals surface area contributed by atoms with Crippen molar-refractivity contribution in [2.24, 2.45) is 0 Å². The van der Waals surface area contributed by atoms with E-state index >= 15 is 0 Å². The van der Waals surface area contributed by atoms with Crippen LogP contribution in [0.5, 0.6) is 0 Å². The Bertz CT molecular complexity index is 852. The lowest BCUT2D eigenvalue weighted by Gasteiger charge is -2.39. The smallest absolute Gasteiger partial charge is 0.254 e. The van der Waals surface area contributed by atoms with Gasteiger partial charge in [0.15, 0.2) is 0 Å². The monoisotopic (exact) mass is 381 g/mol. The van der Waals surface area contributed by atoms with E-state index in [2.05, 4.69) is 25.8 Å². The lowest BCUT2D eigenvalue weighted by atomic mass is 10.0. The molecule has 0 spiro atoms. The summed E-state index contributed by atoms with van der Waals surface area (Å²) in [7, 11) is 0. The van der Waals surface area contributed by atoms with Crippen LogP contribution in [0.1, 0.15) is 49.8 Å². The number of nitrogens with one attached hydrogen (secondary N) is 1. The molecule has 2 aliphatic heterocycles. The lowest BCUT2D eigenvalue weighted by Crippen LogP contribution is -2.48. The van der Waals surface area contributed by atoms with Gasteiger partial charge in [0.1, 0.15) is 11.6 Å². The zero-order chi connectivity index (χ0) is 19.5. The molecule has 2 saturated heterocycles. The third-order valence-corrected chi connectivity index (χ3v) is 6.29. The fraction of sp³-hybridized carbons (Fsp3) is 0.591.